The van der Waals surface area contributed by atoms with Crippen LogP contribution in [-0.2, 0) is 9.47 Å². The number of rotatable bonds is 5. The van der Waals surface area contributed by atoms with Gasteiger partial charge in [0.15, 0.2) is 0 Å². The highest BCUT2D eigenvalue weighted by Gasteiger charge is 2.47. The molecule has 2 N–H and O–H groups in total. The summed E-state index contributed by atoms with van der Waals surface area (Å²) in [7, 11) is 0.769. The monoisotopic (exact) mass is 450 g/mol. The van der Waals surface area contributed by atoms with Gasteiger partial charge in [-0.15, -0.1) is 18.3 Å². The third-order valence-electron chi connectivity index (χ3n) is 4.64. The Hall–Kier alpha value is -1.86. The Balaban J connectivity index is 1.70. The molecule has 2 saturated heterocycles. The van der Waals surface area contributed by atoms with Crippen LogP contribution < -0.4 is 10.5 Å². The highest BCUT2D eigenvalue weighted by Crippen LogP contribution is 2.50. The first-order valence-electron chi connectivity index (χ1n) is 9.61. The average Bonchev–Trinajstić information content (AvgIpc) is 3.21. The van der Waals surface area contributed by atoms with E-state index < -0.39 is 37.3 Å². The molecule has 2 aliphatic rings. The molecule has 30 heavy (non-hydrogen) atoms. The number of alkyl halides is 3. The first-order valence-corrected chi connectivity index (χ1v) is 10.8. The smallest absolute Gasteiger partial charge is 0.447 e. The molecular formula is C17H25F3N4O5Si. The zero-order chi connectivity index (χ0) is 22.1. The molecule has 0 aromatic carbocycles. The van der Waals surface area contributed by atoms with E-state index in [-0.39, 0.29) is 24.6 Å². The number of fused-ring (bicyclic) bond motifs is 1. The normalized spacial score (nSPS) is 27.1. The van der Waals surface area contributed by atoms with Crippen LogP contribution in [0.5, 0.6) is 6.08 Å². The second kappa shape index (κ2) is 8.71. The number of likely N-dealkylation sites (tertiary alicyclic amines) is 1. The lowest BCUT2D eigenvalue weighted by Crippen LogP contribution is -2.46. The molecule has 0 saturated carbocycles. The number of halogens is 3. The summed E-state index contributed by atoms with van der Waals surface area (Å²) in [6.45, 7) is 4.45. The van der Waals surface area contributed by atoms with Crippen LogP contribution in [0.1, 0.15) is 45.5 Å². The molecule has 1 amide bonds. The van der Waals surface area contributed by atoms with Gasteiger partial charge >= 0.3 is 18.5 Å². The lowest BCUT2D eigenvalue weighted by molar-refractivity contribution is -0.325. The molecule has 0 aliphatic carbocycles. The van der Waals surface area contributed by atoms with Crippen molar-refractivity contribution in [1.29, 1.82) is 0 Å². The van der Waals surface area contributed by atoms with Crippen molar-refractivity contribution in [3.63, 3.8) is 0 Å². The first kappa shape index (κ1) is 22.8. The summed E-state index contributed by atoms with van der Waals surface area (Å²) in [5.41, 5.74) is 6.55. The minimum absolute atomic E-state index is 0.127. The van der Waals surface area contributed by atoms with E-state index in [0.29, 0.717) is 17.5 Å². The van der Waals surface area contributed by atoms with Gasteiger partial charge in [0.05, 0.1) is 6.61 Å². The molecule has 1 aromatic heterocycles. The number of carbonyl (C=O) groups excluding carboxylic acids is 1. The van der Waals surface area contributed by atoms with Crippen molar-refractivity contribution in [2.45, 2.75) is 68.7 Å². The lowest BCUT2D eigenvalue weighted by atomic mass is 10.00. The fourth-order valence-electron chi connectivity index (χ4n) is 3.32. The van der Waals surface area contributed by atoms with E-state index in [4.69, 9.17) is 19.6 Å². The van der Waals surface area contributed by atoms with Gasteiger partial charge in [0, 0.05) is 22.1 Å². The van der Waals surface area contributed by atoms with Crippen molar-refractivity contribution < 1.29 is 36.6 Å². The Morgan fingerprint density at radius 1 is 1.27 bits per heavy atom. The lowest BCUT2D eigenvalue weighted by Gasteiger charge is -2.35. The molecule has 2 unspecified atom stereocenters. The van der Waals surface area contributed by atoms with Gasteiger partial charge in [-0.25, -0.2) is 4.79 Å². The van der Waals surface area contributed by atoms with Crippen molar-refractivity contribution in [1.82, 2.24) is 15.1 Å². The summed E-state index contributed by atoms with van der Waals surface area (Å²) >= 11 is 0. The van der Waals surface area contributed by atoms with Gasteiger partial charge in [-0.2, -0.15) is 0 Å². The van der Waals surface area contributed by atoms with Crippen LogP contribution in [0.4, 0.5) is 18.0 Å². The third kappa shape index (κ3) is 6.32. The van der Waals surface area contributed by atoms with Crippen molar-refractivity contribution >= 4 is 15.6 Å². The predicted molar refractivity (Wildman–Crippen MR) is 97.9 cm³/mol. The Morgan fingerprint density at radius 2 is 2.00 bits per heavy atom. The molecule has 3 heterocycles. The molecule has 3 rings (SSSR count). The van der Waals surface area contributed by atoms with Gasteiger partial charge in [-0.3, -0.25) is 9.64 Å². The molecule has 4 atom stereocenters. The van der Waals surface area contributed by atoms with Gasteiger partial charge in [0.2, 0.25) is 5.89 Å². The molecule has 2 radical (unpaired) electrons. The number of nitrogens with two attached hydrogens (primary N) is 1. The minimum atomic E-state index is -4.74. The molecule has 13 heteroatoms. The summed E-state index contributed by atoms with van der Waals surface area (Å²) in [4.78, 5) is 14.3. The molecule has 168 valence electrons. The second-order valence-electron chi connectivity index (χ2n) is 8.24. The van der Waals surface area contributed by atoms with Crippen LogP contribution in [0.25, 0.3) is 0 Å². The maximum absolute atomic E-state index is 12.8. The number of nitrogens with zero attached hydrogens (tertiary/aromatic N) is 3. The fourth-order valence-corrected chi connectivity index (χ4v) is 4.80. The van der Waals surface area contributed by atoms with Crippen LogP contribution in [0, 0.1) is 0 Å². The summed E-state index contributed by atoms with van der Waals surface area (Å²) in [5.74, 6) is 0.127. The van der Waals surface area contributed by atoms with Gasteiger partial charge in [0.1, 0.15) is 18.2 Å². The zero-order valence-corrected chi connectivity index (χ0v) is 17.9. The molecule has 0 spiro atoms. The first-order chi connectivity index (χ1) is 13.9. The van der Waals surface area contributed by atoms with E-state index in [1.807, 2.05) is 0 Å². The number of ether oxygens (including phenoxy) is 3. The van der Waals surface area contributed by atoms with Crippen LogP contribution in [0.2, 0.25) is 11.1 Å². The maximum Gasteiger partial charge on any atom is 0.522 e. The molecule has 1 aromatic rings. The Bertz CT molecular complexity index is 742. The SMILES string of the molecule is CC(C)(C)OC(=O)N1C[C@@H](N)C2[Si]C2CC[C@@H]1c1nnc(OCCOC(F)(F)F)o1. The van der Waals surface area contributed by atoms with E-state index in [1.54, 1.807) is 20.8 Å². The Kier molecular flexibility index (Phi) is 6.62. The standard InChI is InChI=1S/C17H25F3N4O5Si/c1-16(2,3)29-15(25)24-8-9(21)12-11(30-12)5-4-10(24)13-22-23-14(28-13)26-6-7-27-17(18,19)20/h9-12H,4-8,21H2,1-3H3/t9-,10-,11?,12?/m1/s1. The second-order valence-corrected chi connectivity index (χ2v) is 9.98. The van der Waals surface area contributed by atoms with Crippen molar-refractivity contribution in [3.8, 4) is 6.08 Å². The van der Waals surface area contributed by atoms with Gasteiger partial charge in [-0.1, -0.05) is 11.5 Å². The zero-order valence-electron chi connectivity index (χ0n) is 16.9. The van der Waals surface area contributed by atoms with Crippen LogP contribution >= 0.6 is 0 Å². The number of carbonyl (C=O) groups is 1. The number of hydrogen-bond acceptors (Lipinski definition) is 8. The number of hydrogen-bond donors (Lipinski definition) is 1. The van der Waals surface area contributed by atoms with Crippen molar-refractivity contribution in [2.75, 3.05) is 19.8 Å². The molecular weight excluding hydrogens is 425 g/mol. The summed E-state index contributed by atoms with van der Waals surface area (Å²) < 4.78 is 55.7. The highest BCUT2D eigenvalue weighted by atomic mass is 28.2. The van der Waals surface area contributed by atoms with Crippen molar-refractivity contribution in [3.05, 3.63) is 5.89 Å². The van der Waals surface area contributed by atoms with E-state index in [2.05, 4.69) is 14.9 Å². The third-order valence-corrected chi connectivity index (χ3v) is 6.54. The Morgan fingerprint density at radius 3 is 2.67 bits per heavy atom. The molecule has 9 nitrogen and oxygen atoms in total. The summed E-state index contributed by atoms with van der Waals surface area (Å²) in [5, 5.41) is 7.65. The fraction of sp³-hybridized carbons (Fsp3) is 0.824. The quantitative estimate of drug-likeness (QED) is 0.538. The minimum Gasteiger partial charge on any atom is -0.447 e. The molecule has 0 bridgehead atoms. The number of aromatic nitrogens is 2. The molecule has 2 aliphatic heterocycles. The molecule has 2 fully saturated rings. The van der Waals surface area contributed by atoms with Crippen molar-refractivity contribution in [2.24, 2.45) is 5.73 Å². The van der Waals surface area contributed by atoms with E-state index >= 15 is 0 Å². The van der Waals surface area contributed by atoms with Crippen LogP contribution in [0.15, 0.2) is 4.42 Å². The highest BCUT2D eigenvalue weighted by molar-refractivity contribution is 6.54. The van der Waals surface area contributed by atoms with E-state index in [1.165, 1.54) is 4.90 Å². The van der Waals surface area contributed by atoms with E-state index in [0.717, 1.165) is 15.9 Å². The topological polar surface area (TPSA) is 113 Å². The summed E-state index contributed by atoms with van der Waals surface area (Å²) in [6.07, 6.45) is -4.14. The maximum atomic E-state index is 12.8. The van der Waals surface area contributed by atoms with E-state index in [9.17, 15) is 18.0 Å². The van der Waals surface area contributed by atoms with Gasteiger partial charge in [-0.05, 0) is 38.3 Å². The van der Waals surface area contributed by atoms with Gasteiger partial charge < -0.3 is 19.6 Å². The Labute approximate surface area is 174 Å². The summed E-state index contributed by atoms with van der Waals surface area (Å²) in [6, 6.07) is -0.740. The number of amides is 1. The average molecular weight is 450 g/mol. The predicted octanol–water partition coefficient (Wildman–Crippen LogP) is 2.68. The van der Waals surface area contributed by atoms with Gasteiger partial charge in [0.25, 0.3) is 0 Å². The largest absolute Gasteiger partial charge is 0.522 e. The van der Waals surface area contributed by atoms with Crippen LogP contribution in [0.3, 0.4) is 0 Å². The van der Waals surface area contributed by atoms with Crippen LogP contribution in [-0.4, -0.2) is 68.5 Å².